The molecule has 2 aliphatic rings. The van der Waals surface area contributed by atoms with E-state index in [0.29, 0.717) is 28.2 Å². The fourth-order valence-corrected chi connectivity index (χ4v) is 4.32. The molecule has 3 heterocycles. The van der Waals surface area contributed by atoms with E-state index in [1.807, 2.05) is 43.3 Å². The number of carbonyl (C=O) groups excluding carboxylic acids is 1. The number of carbonyl (C=O) groups is 1. The molecule has 3 aromatic carbocycles. The van der Waals surface area contributed by atoms with Gasteiger partial charge in [0.1, 0.15) is 5.82 Å². The lowest BCUT2D eigenvalue weighted by Crippen LogP contribution is -2.39. The van der Waals surface area contributed by atoms with Crippen LogP contribution in [0.3, 0.4) is 0 Å². The summed E-state index contributed by atoms with van der Waals surface area (Å²) in [6, 6.07) is 18.8. The minimum absolute atomic E-state index is 0.200. The van der Waals surface area contributed by atoms with Crippen LogP contribution in [0.15, 0.2) is 71.5 Å². The van der Waals surface area contributed by atoms with E-state index in [4.69, 9.17) is 0 Å². The Bertz CT molecular complexity index is 1460. The highest BCUT2D eigenvalue weighted by Crippen LogP contribution is 2.46. The van der Waals surface area contributed by atoms with E-state index in [2.05, 4.69) is 10.1 Å². The number of nitrogens with zero attached hydrogens (tertiary/aromatic N) is 4. The molecule has 4 aromatic rings. The average molecular weight is 410 g/mol. The Morgan fingerprint density at radius 1 is 0.935 bits per heavy atom. The highest BCUT2D eigenvalue weighted by atomic mass is 19.1. The Kier molecular flexibility index (Phi) is 3.53. The average Bonchev–Trinajstić information content (AvgIpc) is 3.07. The van der Waals surface area contributed by atoms with E-state index in [0.717, 1.165) is 11.1 Å². The Balaban J connectivity index is 1.68. The first-order chi connectivity index (χ1) is 15.0. The van der Waals surface area contributed by atoms with Crippen LogP contribution in [-0.4, -0.2) is 20.7 Å². The number of halogens is 1. The van der Waals surface area contributed by atoms with Crippen molar-refractivity contribution in [2.45, 2.75) is 13.1 Å². The second-order valence-corrected chi connectivity index (χ2v) is 7.70. The first-order valence-corrected chi connectivity index (χ1v) is 9.83. The Morgan fingerprint density at radius 3 is 2.52 bits per heavy atom. The number of hydrogen-bond donors (Lipinski definition) is 0. The molecule has 150 valence electrons. The Hall–Kier alpha value is -4.13. The molecule has 7 heteroatoms. The van der Waals surface area contributed by atoms with Crippen LogP contribution in [0.25, 0.3) is 22.6 Å². The fraction of sp³-hybridized carbons (Fsp3) is 0.0833. The first kappa shape index (κ1) is 17.7. The van der Waals surface area contributed by atoms with Gasteiger partial charge in [0.15, 0.2) is 17.7 Å². The summed E-state index contributed by atoms with van der Waals surface area (Å²) in [7, 11) is 0. The number of hydrogen-bond acceptors (Lipinski definition) is 4. The van der Waals surface area contributed by atoms with Crippen molar-refractivity contribution >= 4 is 11.6 Å². The SMILES string of the molecule is Cc1ccc(-c2nn3c(nc2=O)-c2ccc(F)cc2N2C(=O)c4ccccc4[C@@H]23)cc1. The molecule has 6 nitrogen and oxygen atoms in total. The number of benzene rings is 3. The molecular formula is C24H15FN4O2. The van der Waals surface area contributed by atoms with Crippen molar-refractivity contribution in [2.75, 3.05) is 4.90 Å². The summed E-state index contributed by atoms with van der Waals surface area (Å²) < 4.78 is 15.7. The molecule has 0 aliphatic carbocycles. The van der Waals surface area contributed by atoms with Gasteiger partial charge in [-0.15, -0.1) is 0 Å². The molecule has 0 unspecified atom stereocenters. The van der Waals surface area contributed by atoms with Gasteiger partial charge in [-0.3, -0.25) is 14.5 Å². The van der Waals surface area contributed by atoms with Crippen LogP contribution in [0.4, 0.5) is 10.1 Å². The predicted molar refractivity (Wildman–Crippen MR) is 113 cm³/mol. The van der Waals surface area contributed by atoms with E-state index in [9.17, 15) is 14.0 Å². The minimum atomic E-state index is -0.648. The maximum absolute atomic E-state index is 14.1. The van der Waals surface area contributed by atoms with Gasteiger partial charge in [-0.05, 0) is 31.2 Å². The van der Waals surface area contributed by atoms with Gasteiger partial charge in [0, 0.05) is 22.3 Å². The second kappa shape index (κ2) is 6.18. The topological polar surface area (TPSA) is 68.1 Å². The van der Waals surface area contributed by atoms with Crippen LogP contribution in [0.1, 0.15) is 27.7 Å². The lowest BCUT2D eigenvalue weighted by molar-refractivity contribution is 0.0986. The highest BCUT2D eigenvalue weighted by Gasteiger charge is 2.44. The second-order valence-electron chi connectivity index (χ2n) is 7.70. The number of anilines is 1. The van der Waals surface area contributed by atoms with Crippen LogP contribution in [0, 0.1) is 12.7 Å². The quantitative estimate of drug-likeness (QED) is 0.477. The summed E-state index contributed by atoms with van der Waals surface area (Å²) in [4.78, 5) is 32.0. The first-order valence-electron chi connectivity index (χ1n) is 9.83. The van der Waals surface area contributed by atoms with Crippen molar-refractivity contribution in [3.63, 3.8) is 0 Å². The van der Waals surface area contributed by atoms with E-state index < -0.39 is 17.5 Å². The number of fused-ring (bicyclic) bond motifs is 8. The van der Waals surface area contributed by atoms with Crippen molar-refractivity contribution in [1.29, 1.82) is 0 Å². The maximum Gasteiger partial charge on any atom is 0.300 e. The summed E-state index contributed by atoms with van der Waals surface area (Å²) in [5.41, 5.74) is 3.55. The third kappa shape index (κ3) is 2.43. The zero-order valence-electron chi connectivity index (χ0n) is 16.4. The van der Waals surface area contributed by atoms with Crippen LogP contribution in [0.5, 0.6) is 0 Å². The van der Waals surface area contributed by atoms with Crippen molar-refractivity contribution < 1.29 is 9.18 Å². The van der Waals surface area contributed by atoms with Gasteiger partial charge in [0.2, 0.25) is 0 Å². The van der Waals surface area contributed by atoms with E-state index in [1.165, 1.54) is 23.1 Å². The molecule has 6 rings (SSSR count). The molecule has 0 saturated heterocycles. The lowest BCUT2D eigenvalue weighted by Gasteiger charge is -2.34. The predicted octanol–water partition coefficient (Wildman–Crippen LogP) is 3.94. The van der Waals surface area contributed by atoms with Gasteiger partial charge in [0.25, 0.3) is 11.5 Å². The molecule has 0 saturated carbocycles. The Morgan fingerprint density at radius 2 is 1.71 bits per heavy atom. The third-order valence-corrected chi connectivity index (χ3v) is 5.78. The minimum Gasteiger partial charge on any atom is -0.280 e. The van der Waals surface area contributed by atoms with Gasteiger partial charge in [0.05, 0.1) is 5.69 Å². The number of aryl methyl sites for hydroxylation is 1. The standard InChI is InChI=1S/C24H15FN4O2/c1-13-6-8-14(9-7-13)20-22(30)26-21-18-11-10-15(25)12-19(18)28-23(29(21)27-20)16-4-2-3-5-17(16)24(28)31/h2-12,23H,1H3/t23-/m0/s1. The number of rotatable bonds is 1. The molecule has 0 radical (unpaired) electrons. The zero-order chi connectivity index (χ0) is 21.3. The molecule has 0 N–H and O–H groups in total. The van der Waals surface area contributed by atoms with Gasteiger partial charge < -0.3 is 0 Å². The molecule has 1 amide bonds. The molecule has 0 spiro atoms. The molecule has 1 atom stereocenters. The summed E-state index contributed by atoms with van der Waals surface area (Å²) in [5.74, 6) is -0.404. The molecule has 0 fully saturated rings. The van der Waals surface area contributed by atoms with E-state index in [1.54, 1.807) is 16.8 Å². The van der Waals surface area contributed by atoms with Crippen molar-refractivity contribution in [2.24, 2.45) is 0 Å². The lowest BCUT2D eigenvalue weighted by atomic mass is 10.1. The smallest absolute Gasteiger partial charge is 0.280 e. The maximum atomic E-state index is 14.1. The largest absolute Gasteiger partial charge is 0.300 e. The van der Waals surface area contributed by atoms with Gasteiger partial charge in [-0.25, -0.2) is 9.07 Å². The highest BCUT2D eigenvalue weighted by molar-refractivity contribution is 6.13. The number of amides is 1. The molecule has 0 bridgehead atoms. The molecular weight excluding hydrogens is 395 g/mol. The van der Waals surface area contributed by atoms with Gasteiger partial charge >= 0.3 is 0 Å². The van der Waals surface area contributed by atoms with E-state index >= 15 is 0 Å². The zero-order valence-corrected chi connectivity index (χ0v) is 16.4. The Labute approximate surface area is 176 Å². The monoisotopic (exact) mass is 410 g/mol. The number of aromatic nitrogens is 3. The van der Waals surface area contributed by atoms with Crippen LogP contribution in [0.2, 0.25) is 0 Å². The third-order valence-electron chi connectivity index (χ3n) is 5.78. The van der Waals surface area contributed by atoms with Crippen molar-refractivity contribution in [3.05, 3.63) is 99.6 Å². The molecule has 1 aromatic heterocycles. The molecule has 31 heavy (non-hydrogen) atoms. The van der Waals surface area contributed by atoms with E-state index in [-0.39, 0.29) is 11.6 Å². The summed E-state index contributed by atoms with van der Waals surface area (Å²) in [6.45, 7) is 1.96. The summed E-state index contributed by atoms with van der Waals surface area (Å²) >= 11 is 0. The van der Waals surface area contributed by atoms with Crippen LogP contribution in [-0.2, 0) is 0 Å². The van der Waals surface area contributed by atoms with Crippen LogP contribution >= 0.6 is 0 Å². The summed E-state index contributed by atoms with van der Waals surface area (Å²) in [5, 5.41) is 4.66. The fourth-order valence-electron chi connectivity index (χ4n) is 4.32. The van der Waals surface area contributed by atoms with Crippen molar-refractivity contribution in [3.8, 4) is 22.6 Å². The van der Waals surface area contributed by atoms with Crippen LogP contribution < -0.4 is 10.5 Å². The van der Waals surface area contributed by atoms with Gasteiger partial charge in [-0.1, -0.05) is 48.0 Å². The normalized spacial score (nSPS) is 15.9. The molecule has 2 aliphatic heterocycles. The van der Waals surface area contributed by atoms with Gasteiger partial charge in [-0.2, -0.15) is 10.1 Å². The van der Waals surface area contributed by atoms with Crippen molar-refractivity contribution in [1.82, 2.24) is 14.8 Å². The summed E-state index contributed by atoms with van der Waals surface area (Å²) in [6.07, 6.45) is -0.648.